The van der Waals surface area contributed by atoms with Crippen molar-refractivity contribution in [3.05, 3.63) is 29.3 Å². The van der Waals surface area contributed by atoms with Crippen LogP contribution in [0.1, 0.15) is 24.5 Å². The van der Waals surface area contributed by atoms with Crippen LogP contribution in [0.15, 0.2) is 18.2 Å². The summed E-state index contributed by atoms with van der Waals surface area (Å²) in [4.78, 5) is 11.0. The van der Waals surface area contributed by atoms with E-state index >= 15 is 0 Å². The number of rotatable bonds is 2. The molecule has 0 saturated carbocycles. The lowest BCUT2D eigenvalue weighted by molar-refractivity contribution is -0.142. The third-order valence-corrected chi connectivity index (χ3v) is 2.25. The molecule has 1 aromatic rings. The van der Waals surface area contributed by atoms with E-state index < -0.39 is 35.1 Å². The van der Waals surface area contributed by atoms with E-state index in [1.165, 1.54) is 6.92 Å². The van der Waals surface area contributed by atoms with Gasteiger partial charge in [-0.15, -0.1) is 0 Å². The van der Waals surface area contributed by atoms with E-state index in [0.29, 0.717) is 12.1 Å². The maximum Gasteiger partial charge on any atom is 0.418 e. The van der Waals surface area contributed by atoms with Crippen molar-refractivity contribution in [2.24, 2.45) is 0 Å². The van der Waals surface area contributed by atoms with Crippen molar-refractivity contribution < 1.29 is 31.1 Å². The van der Waals surface area contributed by atoms with Gasteiger partial charge in [0.05, 0.1) is 16.8 Å². The van der Waals surface area contributed by atoms with Crippen molar-refractivity contribution in [3.63, 3.8) is 0 Å². The van der Waals surface area contributed by atoms with E-state index in [2.05, 4.69) is 0 Å². The lowest BCUT2D eigenvalue weighted by Gasteiger charge is -2.16. The molecule has 0 fully saturated rings. The summed E-state index contributed by atoms with van der Waals surface area (Å²) in [5.74, 6) is -0.717. The van der Waals surface area contributed by atoms with Crippen LogP contribution in [0, 0.1) is 0 Å². The van der Waals surface area contributed by atoms with E-state index in [4.69, 9.17) is 0 Å². The van der Waals surface area contributed by atoms with Gasteiger partial charge in [0.15, 0.2) is 0 Å². The summed E-state index contributed by atoms with van der Waals surface area (Å²) >= 11 is 0. The fourth-order valence-electron chi connectivity index (χ4n) is 1.30. The first kappa shape index (κ1) is 15.3. The minimum Gasteiger partial charge on any atom is -0.326 e. The van der Waals surface area contributed by atoms with Crippen LogP contribution in [0.25, 0.3) is 0 Å². The maximum atomic E-state index is 12.7. The van der Waals surface area contributed by atoms with Gasteiger partial charge in [0.25, 0.3) is 0 Å². The molecule has 0 aliphatic rings. The highest BCUT2D eigenvalue weighted by molar-refractivity contribution is 5.91. The summed E-state index contributed by atoms with van der Waals surface area (Å²) in [6.45, 7) is 1.41. The monoisotopic (exact) mass is 285 g/mol. The normalized spacial score (nSPS) is 12.4. The van der Waals surface area contributed by atoms with Crippen molar-refractivity contribution in [3.8, 4) is 0 Å². The van der Waals surface area contributed by atoms with E-state index in [0.717, 1.165) is 0 Å². The third-order valence-electron chi connectivity index (χ3n) is 2.25. The molecular formula is C11H9F6NO. The number of hydrogen-bond acceptors (Lipinski definition) is 1. The minimum absolute atomic E-state index is 0.0225. The van der Waals surface area contributed by atoms with Crippen molar-refractivity contribution in [1.82, 2.24) is 0 Å². The largest absolute Gasteiger partial charge is 0.418 e. The molecule has 1 aromatic carbocycles. The molecule has 0 aromatic heterocycles. The number of anilines is 1. The van der Waals surface area contributed by atoms with Gasteiger partial charge < -0.3 is 5.32 Å². The Bertz CT molecular complexity index is 477. The molecule has 0 saturated heterocycles. The summed E-state index contributed by atoms with van der Waals surface area (Å²) in [6, 6.07) is 1.06. The Balaban J connectivity index is 3.29. The summed E-state index contributed by atoms with van der Waals surface area (Å²) in [6.07, 6.45) is -9.96. The molecule has 0 heterocycles. The summed E-state index contributed by atoms with van der Waals surface area (Å²) in [5.41, 5.74) is -3.63. The summed E-state index contributed by atoms with van der Waals surface area (Å²) in [5, 5.41) is 1.92. The first-order valence-corrected chi connectivity index (χ1v) is 5.14. The predicted molar refractivity (Wildman–Crippen MR) is 55.4 cm³/mol. The molecule has 1 amide bonds. The highest BCUT2D eigenvalue weighted by Crippen LogP contribution is 2.39. The van der Waals surface area contributed by atoms with Crippen molar-refractivity contribution in [2.45, 2.75) is 25.7 Å². The average molecular weight is 285 g/mol. The van der Waals surface area contributed by atoms with E-state index in [-0.39, 0.29) is 12.5 Å². The Labute approximate surface area is 104 Å². The number of carbonyl (C=O) groups excluding carboxylic acids is 1. The minimum atomic E-state index is -4.99. The van der Waals surface area contributed by atoms with Crippen LogP contribution in [-0.2, 0) is 17.1 Å². The van der Waals surface area contributed by atoms with Crippen LogP contribution >= 0.6 is 0 Å². The number of carbonyl (C=O) groups is 1. The molecule has 0 aliphatic carbocycles. The van der Waals surface area contributed by atoms with E-state index in [1.807, 2.05) is 5.32 Å². The fraction of sp³-hybridized carbons (Fsp3) is 0.364. The smallest absolute Gasteiger partial charge is 0.326 e. The van der Waals surface area contributed by atoms with Crippen LogP contribution < -0.4 is 5.32 Å². The molecule has 0 spiro atoms. The number of alkyl halides is 6. The maximum absolute atomic E-state index is 12.7. The molecular weight excluding hydrogens is 276 g/mol. The molecule has 1 rings (SSSR count). The van der Waals surface area contributed by atoms with Crippen molar-refractivity contribution >= 4 is 11.6 Å². The molecule has 19 heavy (non-hydrogen) atoms. The molecule has 106 valence electrons. The van der Waals surface area contributed by atoms with Crippen LogP contribution in [0.2, 0.25) is 0 Å². The summed E-state index contributed by atoms with van der Waals surface area (Å²) < 4.78 is 75.0. The highest BCUT2D eigenvalue weighted by atomic mass is 19.4. The first-order valence-electron chi connectivity index (χ1n) is 5.14. The van der Waals surface area contributed by atoms with Gasteiger partial charge in [0.1, 0.15) is 0 Å². The first-order chi connectivity index (χ1) is 8.55. The fourth-order valence-corrected chi connectivity index (χ4v) is 1.30. The zero-order valence-corrected chi connectivity index (χ0v) is 9.62. The third kappa shape index (κ3) is 3.87. The molecule has 1 N–H and O–H groups in total. The second-order valence-electron chi connectivity index (χ2n) is 3.66. The molecule has 0 aliphatic heterocycles. The lowest BCUT2D eigenvalue weighted by atomic mass is 10.1. The molecule has 0 bridgehead atoms. The number of nitrogens with one attached hydrogen (secondary N) is 1. The number of amides is 1. The Hall–Kier alpha value is -1.73. The number of benzene rings is 1. The van der Waals surface area contributed by atoms with Gasteiger partial charge in [0.2, 0.25) is 5.91 Å². The Morgan fingerprint density at radius 2 is 1.68 bits per heavy atom. The van der Waals surface area contributed by atoms with Crippen LogP contribution in [0.5, 0.6) is 0 Å². The molecule has 8 heteroatoms. The lowest BCUT2D eigenvalue weighted by Crippen LogP contribution is -2.17. The van der Waals surface area contributed by atoms with E-state index in [9.17, 15) is 31.1 Å². The second-order valence-corrected chi connectivity index (χ2v) is 3.66. The van der Waals surface area contributed by atoms with Crippen LogP contribution in [-0.4, -0.2) is 5.91 Å². The molecule has 0 atom stereocenters. The second kappa shape index (κ2) is 5.10. The average Bonchev–Trinajstić information content (AvgIpc) is 2.26. The van der Waals surface area contributed by atoms with E-state index in [1.54, 1.807) is 0 Å². The predicted octanol–water partition coefficient (Wildman–Crippen LogP) is 4.07. The summed E-state index contributed by atoms with van der Waals surface area (Å²) in [7, 11) is 0. The SMILES string of the molecule is CCC(=O)Nc1ccc(C(F)(F)F)cc1C(F)(F)F. The molecule has 0 unspecified atom stereocenters. The topological polar surface area (TPSA) is 29.1 Å². The van der Waals surface area contributed by atoms with Gasteiger partial charge in [-0.1, -0.05) is 6.92 Å². The molecule has 2 nitrogen and oxygen atoms in total. The zero-order valence-electron chi connectivity index (χ0n) is 9.62. The van der Waals surface area contributed by atoms with Gasteiger partial charge in [-0.3, -0.25) is 4.79 Å². The molecule has 0 radical (unpaired) electrons. The van der Waals surface area contributed by atoms with Gasteiger partial charge in [-0.25, -0.2) is 0 Å². The Morgan fingerprint density at radius 3 is 2.11 bits per heavy atom. The highest BCUT2D eigenvalue weighted by Gasteiger charge is 2.38. The van der Waals surface area contributed by atoms with Crippen LogP contribution in [0.3, 0.4) is 0 Å². The Kier molecular flexibility index (Phi) is 4.12. The van der Waals surface area contributed by atoms with Gasteiger partial charge in [0, 0.05) is 6.42 Å². The number of halogens is 6. The number of hydrogen-bond donors (Lipinski definition) is 1. The quantitative estimate of drug-likeness (QED) is 0.815. The van der Waals surface area contributed by atoms with Crippen molar-refractivity contribution in [1.29, 1.82) is 0 Å². The Morgan fingerprint density at radius 1 is 1.11 bits per heavy atom. The van der Waals surface area contributed by atoms with Gasteiger partial charge in [-0.2, -0.15) is 26.3 Å². The van der Waals surface area contributed by atoms with Crippen molar-refractivity contribution in [2.75, 3.05) is 5.32 Å². The standard InChI is InChI=1S/C11H9F6NO/c1-2-9(19)18-8-4-3-6(10(12,13)14)5-7(8)11(15,16)17/h3-5H,2H2,1H3,(H,18,19). The van der Waals surface area contributed by atoms with Gasteiger partial charge >= 0.3 is 12.4 Å². The van der Waals surface area contributed by atoms with Gasteiger partial charge in [-0.05, 0) is 18.2 Å². The zero-order chi connectivity index (χ0) is 14.8. The van der Waals surface area contributed by atoms with Crippen LogP contribution in [0.4, 0.5) is 32.0 Å².